The maximum atomic E-state index is 5.99. The van der Waals surface area contributed by atoms with E-state index in [9.17, 15) is 0 Å². The second kappa shape index (κ2) is 8.53. The molecule has 0 unspecified atom stereocenters. The van der Waals surface area contributed by atoms with E-state index < -0.39 is 0 Å². The van der Waals surface area contributed by atoms with E-state index in [0.717, 1.165) is 56.2 Å². The fourth-order valence-corrected chi connectivity index (χ4v) is 3.85. The van der Waals surface area contributed by atoms with Crippen molar-refractivity contribution in [3.05, 3.63) is 72.1 Å². The zero-order chi connectivity index (χ0) is 20.2. The molecule has 1 aromatic carbocycles. The van der Waals surface area contributed by atoms with Gasteiger partial charge in [0.15, 0.2) is 5.82 Å². The molecule has 0 saturated carbocycles. The summed E-state index contributed by atoms with van der Waals surface area (Å²) in [6, 6.07) is 16.2. The first-order chi connectivity index (χ1) is 14.8. The van der Waals surface area contributed by atoms with E-state index in [0.29, 0.717) is 5.88 Å². The Kier molecular flexibility index (Phi) is 5.29. The Morgan fingerprint density at radius 3 is 2.50 bits per heavy atom. The predicted octanol–water partition coefficient (Wildman–Crippen LogP) is 4.56. The Hall–Kier alpha value is -3.41. The van der Waals surface area contributed by atoms with Gasteiger partial charge in [0.1, 0.15) is 5.75 Å². The number of benzene rings is 1. The molecule has 0 N–H and O–H groups in total. The van der Waals surface area contributed by atoms with Crippen LogP contribution in [0.5, 0.6) is 11.6 Å². The average molecular weight is 399 g/mol. The van der Waals surface area contributed by atoms with Crippen molar-refractivity contribution in [3.63, 3.8) is 0 Å². The van der Waals surface area contributed by atoms with Gasteiger partial charge in [-0.05, 0) is 55.2 Å². The molecule has 2 aliphatic heterocycles. The van der Waals surface area contributed by atoms with Gasteiger partial charge >= 0.3 is 0 Å². The van der Waals surface area contributed by atoms with Crippen LogP contribution in [0.2, 0.25) is 0 Å². The van der Waals surface area contributed by atoms with Crippen molar-refractivity contribution in [3.8, 4) is 11.6 Å². The van der Waals surface area contributed by atoms with E-state index in [1.165, 1.54) is 17.7 Å². The minimum absolute atomic E-state index is 0.626. The summed E-state index contributed by atoms with van der Waals surface area (Å²) in [7, 11) is 0. The zero-order valence-electron chi connectivity index (χ0n) is 16.9. The standard InChI is InChI=1S/C24H25N5O/c1-4-20(16-19-9-14-29(15-10-19)23-6-2-11-26-27-23)17-22(5-1)30-24-8-7-21(18-25-24)28-12-3-13-28/h1-2,4-8,11,16-18H,3,9-10,12-15H2. The van der Waals surface area contributed by atoms with Crippen molar-refractivity contribution in [2.75, 3.05) is 36.0 Å². The van der Waals surface area contributed by atoms with Crippen molar-refractivity contribution in [2.24, 2.45) is 0 Å². The van der Waals surface area contributed by atoms with E-state index >= 15 is 0 Å². The van der Waals surface area contributed by atoms with Gasteiger partial charge in [0, 0.05) is 38.4 Å². The van der Waals surface area contributed by atoms with Crippen LogP contribution < -0.4 is 14.5 Å². The molecular formula is C24H25N5O. The van der Waals surface area contributed by atoms with Gasteiger partial charge in [0.2, 0.25) is 5.88 Å². The third-order valence-corrected chi connectivity index (χ3v) is 5.68. The maximum absolute atomic E-state index is 5.99. The molecule has 3 aromatic rings. The van der Waals surface area contributed by atoms with Gasteiger partial charge in [0.05, 0.1) is 11.9 Å². The number of nitrogens with zero attached hydrogens (tertiary/aromatic N) is 5. The average Bonchev–Trinajstić information content (AvgIpc) is 2.75. The van der Waals surface area contributed by atoms with Crippen molar-refractivity contribution < 1.29 is 4.74 Å². The van der Waals surface area contributed by atoms with Crippen LogP contribution in [0.3, 0.4) is 0 Å². The van der Waals surface area contributed by atoms with E-state index in [-0.39, 0.29) is 0 Å². The van der Waals surface area contributed by atoms with Crippen LogP contribution >= 0.6 is 0 Å². The number of piperidine rings is 1. The van der Waals surface area contributed by atoms with Crippen LogP contribution in [0, 0.1) is 0 Å². The number of aromatic nitrogens is 3. The van der Waals surface area contributed by atoms with Crippen LogP contribution in [-0.4, -0.2) is 41.4 Å². The quantitative estimate of drug-likeness (QED) is 0.627. The molecule has 2 aromatic heterocycles. The Balaban J connectivity index is 1.22. The van der Waals surface area contributed by atoms with E-state index in [1.807, 2.05) is 36.5 Å². The second-order valence-electron chi connectivity index (χ2n) is 7.74. The topological polar surface area (TPSA) is 54.4 Å². The molecule has 0 spiro atoms. The molecule has 0 amide bonds. The fraction of sp³-hybridized carbons (Fsp3) is 0.292. The Labute approximate surface area is 176 Å². The summed E-state index contributed by atoms with van der Waals surface area (Å²) < 4.78 is 5.99. The molecule has 0 aliphatic carbocycles. The third-order valence-electron chi connectivity index (χ3n) is 5.68. The molecule has 2 fully saturated rings. The van der Waals surface area contributed by atoms with E-state index in [2.05, 4.69) is 49.3 Å². The minimum Gasteiger partial charge on any atom is -0.439 e. The zero-order valence-corrected chi connectivity index (χ0v) is 16.9. The molecule has 6 heteroatoms. The Morgan fingerprint density at radius 1 is 0.900 bits per heavy atom. The van der Waals surface area contributed by atoms with Crippen LogP contribution in [-0.2, 0) is 0 Å². The molecule has 30 heavy (non-hydrogen) atoms. The van der Waals surface area contributed by atoms with Gasteiger partial charge in [-0.3, -0.25) is 0 Å². The smallest absolute Gasteiger partial charge is 0.219 e. The number of hydrogen-bond donors (Lipinski definition) is 0. The van der Waals surface area contributed by atoms with Crippen LogP contribution in [0.4, 0.5) is 11.5 Å². The summed E-state index contributed by atoms with van der Waals surface area (Å²) in [5, 5.41) is 8.20. The first kappa shape index (κ1) is 18.6. The summed E-state index contributed by atoms with van der Waals surface area (Å²) in [5.74, 6) is 2.39. The SMILES string of the molecule is C(=C1CCN(c2cccnn2)CC1)c1cccc(Oc2ccc(N3CCC3)cn2)c1. The minimum atomic E-state index is 0.626. The highest BCUT2D eigenvalue weighted by molar-refractivity contribution is 5.56. The summed E-state index contributed by atoms with van der Waals surface area (Å²) in [5.41, 5.74) is 3.77. The highest BCUT2D eigenvalue weighted by atomic mass is 16.5. The van der Waals surface area contributed by atoms with Gasteiger partial charge in [-0.25, -0.2) is 4.98 Å². The number of pyridine rings is 1. The number of hydrogen-bond acceptors (Lipinski definition) is 6. The molecule has 6 nitrogen and oxygen atoms in total. The van der Waals surface area contributed by atoms with Gasteiger partial charge in [-0.15, -0.1) is 5.10 Å². The molecule has 152 valence electrons. The molecule has 5 rings (SSSR count). The second-order valence-corrected chi connectivity index (χ2v) is 7.74. The summed E-state index contributed by atoms with van der Waals surface area (Å²) in [4.78, 5) is 9.07. The predicted molar refractivity (Wildman–Crippen MR) is 119 cm³/mol. The van der Waals surface area contributed by atoms with Gasteiger partial charge in [-0.1, -0.05) is 23.8 Å². The molecule has 2 saturated heterocycles. The molecule has 2 aliphatic rings. The largest absolute Gasteiger partial charge is 0.439 e. The monoisotopic (exact) mass is 399 g/mol. The first-order valence-corrected chi connectivity index (χ1v) is 10.5. The lowest BCUT2D eigenvalue weighted by Gasteiger charge is -2.32. The van der Waals surface area contributed by atoms with Crippen molar-refractivity contribution in [2.45, 2.75) is 19.3 Å². The third kappa shape index (κ3) is 4.27. The fourth-order valence-electron chi connectivity index (χ4n) is 3.85. The van der Waals surface area contributed by atoms with Gasteiger partial charge in [-0.2, -0.15) is 5.10 Å². The molecule has 4 heterocycles. The van der Waals surface area contributed by atoms with Crippen molar-refractivity contribution >= 4 is 17.6 Å². The highest BCUT2D eigenvalue weighted by Crippen LogP contribution is 2.27. The summed E-state index contributed by atoms with van der Waals surface area (Å²) >= 11 is 0. The highest BCUT2D eigenvalue weighted by Gasteiger charge is 2.16. The van der Waals surface area contributed by atoms with Gasteiger partial charge < -0.3 is 14.5 Å². The first-order valence-electron chi connectivity index (χ1n) is 10.5. The van der Waals surface area contributed by atoms with Crippen molar-refractivity contribution in [1.82, 2.24) is 15.2 Å². The normalized spacial score (nSPS) is 16.2. The molecule has 0 atom stereocenters. The maximum Gasteiger partial charge on any atom is 0.219 e. The van der Waals surface area contributed by atoms with Crippen LogP contribution in [0.1, 0.15) is 24.8 Å². The lowest BCUT2D eigenvalue weighted by molar-refractivity contribution is 0.462. The van der Waals surface area contributed by atoms with Gasteiger partial charge in [0.25, 0.3) is 0 Å². The molecule has 0 radical (unpaired) electrons. The molecular weight excluding hydrogens is 374 g/mol. The number of anilines is 2. The Bertz CT molecular complexity index is 1010. The summed E-state index contributed by atoms with van der Waals surface area (Å²) in [6.45, 7) is 4.17. The van der Waals surface area contributed by atoms with Crippen LogP contribution in [0.15, 0.2) is 66.5 Å². The van der Waals surface area contributed by atoms with Crippen LogP contribution in [0.25, 0.3) is 6.08 Å². The number of ether oxygens (including phenoxy) is 1. The van der Waals surface area contributed by atoms with Crippen molar-refractivity contribution in [1.29, 1.82) is 0 Å². The Morgan fingerprint density at radius 2 is 1.80 bits per heavy atom. The lowest BCUT2D eigenvalue weighted by atomic mass is 10.0. The van der Waals surface area contributed by atoms with E-state index in [4.69, 9.17) is 4.74 Å². The van der Waals surface area contributed by atoms with E-state index in [1.54, 1.807) is 6.20 Å². The lowest BCUT2D eigenvalue weighted by Crippen LogP contribution is -2.36. The number of rotatable bonds is 5. The summed E-state index contributed by atoms with van der Waals surface area (Å²) in [6.07, 6.45) is 9.21. The molecule has 0 bridgehead atoms.